The molecule has 0 saturated carbocycles. The second-order valence-electron chi connectivity index (χ2n) is 3.77. The van der Waals surface area contributed by atoms with Crippen LogP contribution in [0.2, 0.25) is 0 Å². The summed E-state index contributed by atoms with van der Waals surface area (Å²) in [5.41, 5.74) is -0.921. The Kier molecular flexibility index (Phi) is 2.24. The van der Waals surface area contributed by atoms with Crippen molar-refractivity contribution in [3.05, 3.63) is 12.7 Å². The van der Waals surface area contributed by atoms with Crippen molar-refractivity contribution in [2.24, 2.45) is 5.92 Å². The lowest BCUT2D eigenvalue weighted by molar-refractivity contribution is -0.147. The zero-order chi connectivity index (χ0) is 9.35. The van der Waals surface area contributed by atoms with Crippen LogP contribution in [0, 0.1) is 5.92 Å². The summed E-state index contributed by atoms with van der Waals surface area (Å²) >= 11 is 0. The Bertz CT molecular complexity index is 203. The number of carbonyl (C=O) groups excluding carboxylic acids is 1. The van der Waals surface area contributed by atoms with Crippen molar-refractivity contribution >= 4 is 5.91 Å². The molecule has 0 radical (unpaired) electrons. The van der Waals surface area contributed by atoms with Crippen LogP contribution in [0.15, 0.2) is 12.7 Å². The van der Waals surface area contributed by atoms with Crippen LogP contribution in [0.3, 0.4) is 0 Å². The standard InChI is InChI=1S/C9H15NO2/c1-4-5-6-7(8(11)10-6)9(2,3)12/h4,6-7,12H,1,5H2,2-3H3,(H,10,11)/t6-,7+/m0/s1. The molecule has 0 bridgehead atoms. The zero-order valence-electron chi connectivity index (χ0n) is 7.50. The molecule has 0 unspecified atom stereocenters. The summed E-state index contributed by atoms with van der Waals surface area (Å²) in [6, 6.07) is 0.0648. The molecule has 68 valence electrons. The fraction of sp³-hybridized carbons (Fsp3) is 0.667. The van der Waals surface area contributed by atoms with Gasteiger partial charge in [-0.3, -0.25) is 4.79 Å². The van der Waals surface area contributed by atoms with Crippen LogP contribution in [0.25, 0.3) is 0 Å². The van der Waals surface area contributed by atoms with Gasteiger partial charge in [-0.15, -0.1) is 6.58 Å². The summed E-state index contributed by atoms with van der Waals surface area (Å²) in [5.74, 6) is -0.343. The number of amides is 1. The molecule has 0 aliphatic carbocycles. The first-order chi connectivity index (χ1) is 5.46. The first kappa shape index (κ1) is 9.26. The van der Waals surface area contributed by atoms with Gasteiger partial charge in [-0.2, -0.15) is 0 Å². The van der Waals surface area contributed by atoms with Crippen LogP contribution < -0.4 is 5.32 Å². The lowest BCUT2D eigenvalue weighted by Crippen LogP contribution is -2.65. The summed E-state index contributed by atoms with van der Waals surface area (Å²) in [6.07, 6.45) is 2.48. The van der Waals surface area contributed by atoms with E-state index in [0.717, 1.165) is 6.42 Å². The Labute approximate surface area is 72.5 Å². The van der Waals surface area contributed by atoms with Crippen LogP contribution in [0.4, 0.5) is 0 Å². The molecule has 1 aliphatic rings. The predicted molar refractivity (Wildman–Crippen MR) is 46.5 cm³/mol. The van der Waals surface area contributed by atoms with E-state index in [4.69, 9.17) is 0 Å². The Morgan fingerprint density at radius 1 is 1.75 bits per heavy atom. The van der Waals surface area contributed by atoms with Gasteiger partial charge in [0, 0.05) is 6.04 Å². The van der Waals surface area contributed by atoms with Crippen LogP contribution in [-0.4, -0.2) is 22.7 Å². The Hall–Kier alpha value is -0.830. The minimum Gasteiger partial charge on any atom is -0.390 e. The van der Waals surface area contributed by atoms with Gasteiger partial charge >= 0.3 is 0 Å². The Morgan fingerprint density at radius 3 is 2.67 bits per heavy atom. The lowest BCUT2D eigenvalue weighted by Gasteiger charge is -2.43. The molecule has 0 aromatic heterocycles. The second-order valence-corrected chi connectivity index (χ2v) is 3.77. The lowest BCUT2D eigenvalue weighted by atomic mass is 9.77. The fourth-order valence-corrected chi connectivity index (χ4v) is 1.63. The van der Waals surface area contributed by atoms with Crippen molar-refractivity contribution in [3.63, 3.8) is 0 Å². The average molecular weight is 169 g/mol. The van der Waals surface area contributed by atoms with Gasteiger partial charge in [0.05, 0.1) is 11.5 Å². The maximum Gasteiger partial charge on any atom is 0.228 e. The second kappa shape index (κ2) is 2.90. The summed E-state index contributed by atoms with van der Waals surface area (Å²) in [4.78, 5) is 11.1. The van der Waals surface area contributed by atoms with Gasteiger partial charge in [0.1, 0.15) is 0 Å². The first-order valence-corrected chi connectivity index (χ1v) is 4.10. The molecule has 1 rings (SSSR count). The van der Waals surface area contributed by atoms with Crippen molar-refractivity contribution in [1.29, 1.82) is 0 Å². The summed E-state index contributed by atoms with van der Waals surface area (Å²) in [6.45, 7) is 6.91. The number of hydrogen-bond donors (Lipinski definition) is 2. The minimum atomic E-state index is -0.921. The molecular formula is C9H15NO2. The van der Waals surface area contributed by atoms with E-state index >= 15 is 0 Å². The van der Waals surface area contributed by atoms with Crippen molar-refractivity contribution in [3.8, 4) is 0 Å². The smallest absolute Gasteiger partial charge is 0.228 e. The molecule has 0 aromatic rings. The number of nitrogens with one attached hydrogen (secondary N) is 1. The maximum absolute atomic E-state index is 11.1. The maximum atomic E-state index is 11.1. The van der Waals surface area contributed by atoms with E-state index in [1.54, 1.807) is 19.9 Å². The van der Waals surface area contributed by atoms with Gasteiger partial charge in [-0.05, 0) is 20.3 Å². The molecule has 1 fully saturated rings. The summed E-state index contributed by atoms with van der Waals surface area (Å²) in [5, 5.41) is 12.3. The van der Waals surface area contributed by atoms with E-state index in [0.29, 0.717) is 0 Å². The Balaban J connectivity index is 2.61. The minimum absolute atomic E-state index is 0.0608. The normalized spacial score (nSPS) is 29.1. The monoisotopic (exact) mass is 169 g/mol. The predicted octanol–water partition coefficient (Wildman–Crippen LogP) is 0.448. The third-order valence-electron chi connectivity index (χ3n) is 2.19. The first-order valence-electron chi connectivity index (χ1n) is 4.10. The van der Waals surface area contributed by atoms with Gasteiger partial charge in [0.2, 0.25) is 5.91 Å². The molecule has 1 heterocycles. The molecule has 3 heteroatoms. The number of β-lactam (4-membered cyclic amide) rings is 1. The molecular weight excluding hydrogens is 154 g/mol. The van der Waals surface area contributed by atoms with E-state index in [9.17, 15) is 9.90 Å². The highest BCUT2D eigenvalue weighted by Gasteiger charge is 2.47. The van der Waals surface area contributed by atoms with Gasteiger partial charge in [0.15, 0.2) is 0 Å². The van der Waals surface area contributed by atoms with Crippen molar-refractivity contribution in [1.82, 2.24) is 5.32 Å². The highest BCUT2D eigenvalue weighted by Crippen LogP contribution is 2.29. The molecule has 0 aromatic carbocycles. The number of rotatable bonds is 3. The molecule has 12 heavy (non-hydrogen) atoms. The van der Waals surface area contributed by atoms with Crippen molar-refractivity contribution in [2.75, 3.05) is 0 Å². The molecule has 1 saturated heterocycles. The molecule has 2 atom stereocenters. The fourth-order valence-electron chi connectivity index (χ4n) is 1.63. The highest BCUT2D eigenvalue weighted by atomic mass is 16.3. The topological polar surface area (TPSA) is 49.3 Å². The highest BCUT2D eigenvalue weighted by molar-refractivity contribution is 5.87. The zero-order valence-corrected chi connectivity index (χ0v) is 7.50. The third-order valence-corrected chi connectivity index (χ3v) is 2.19. The van der Waals surface area contributed by atoms with Crippen LogP contribution in [0.1, 0.15) is 20.3 Å². The van der Waals surface area contributed by atoms with Crippen molar-refractivity contribution < 1.29 is 9.90 Å². The van der Waals surface area contributed by atoms with Crippen LogP contribution in [-0.2, 0) is 4.79 Å². The van der Waals surface area contributed by atoms with Gasteiger partial charge < -0.3 is 10.4 Å². The number of aliphatic hydroxyl groups is 1. The molecule has 1 aliphatic heterocycles. The third kappa shape index (κ3) is 1.50. The van der Waals surface area contributed by atoms with Crippen molar-refractivity contribution in [2.45, 2.75) is 31.9 Å². The summed E-state index contributed by atoms with van der Waals surface area (Å²) < 4.78 is 0. The largest absolute Gasteiger partial charge is 0.390 e. The van der Waals surface area contributed by atoms with Crippen LogP contribution in [0.5, 0.6) is 0 Å². The van der Waals surface area contributed by atoms with Gasteiger partial charge in [-0.25, -0.2) is 0 Å². The average Bonchev–Trinajstić information content (AvgIpc) is 1.82. The van der Waals surface area contributed by atoms with E-state index in [1.807, 2.05) is 0 Å². The Morgan fingerprint density at radius 2 is 2.33 bits per heavy atom. The molecule has 3 nitrogen and oxygen atoms in total. The SMILES string of the molecule is C=CC[C@@H]1NC(=O)[C@@H]1C(C)(C)O. The van der Waals surface area contributed by atoms with E-state index in [2.05, 4.69) is 11.9 Å². The number of hydrogen-bond acceptors (Lipinski definition) is 2. The molecule has 0 spiro atoms. The van der Waals surface area contributed by atoms with Gasteiger partial charge in [-0.1, -0.05) is 6.08 Å². The van der Waals surface area contributed by atoms with Gasteiger partial charge in [0.25, 0.3) is 0 Å². The van der Waals surface area contributed by atoms with E-state index in [1.165, 1.54) is 0 Å². The molecule has 1 amide bonds. The number of carbonyl (C=O) groups is 1. The van der Waals surface area contributed by atoms with E-state index < -0.39 is 5.60 Å². The quantitative estimate of drug-likeness (QED) is 0.476. The molecule has 2 N–H and O–H groups in total. The van der Waals surface area contributed by atoms with Crippen LogP contribution >= 0.6 is 0 Å². The summed E-state index contributed by atoms with van der Waals surface area (Å²) in [7, 11) is 0. The van der Waals surface area contributed by atoms with E-state index in [-0.39, 0.29) is 17.9 Å².